The van der Waals surface area contributed by atoms with Crippen molar-refractivity contribution in [1.82, 2.24) is 0 Å². The Labute approximate surface area is 98.5 Å². The molecule has 4 nitrogen and oxygen atoms in total. The summed E-state index contributed by atoms with van der Waals surface area (Å²) in [5.41, 5.74) is 1.66. The van der Waals surface area contributed by atoms with Crippen LogP contribution in [0.5, 0.6) is 0 Å². The molecule has 0 spiro atoms. The number of carbonyl (C=O) groups is 1. The molecule has 1 N–H and O–H groups in total. The van der Waals surface area contributed by atoms with Gasteiger partial charge in [-0.05, 0) is 12.1 Å². The number of benzene rings is 1. The lowest BCUT2D eigenvalue weighted by Crippen LogP contribution is -2.12. The van der Waals surface area contributed by atoms with E-state index in [1.807, 2.05) is 12.1 Å². The second-order valence-corrected chi connectivity index (χ2v) is 3.64. The third-order valence-electron chi connectivity index (χ3n) is 2.21. The minimum atomic E-state index is -0.280. The summed E-state index contributed by atoms with van der Waals surface area (Å²) < 4.78 is 10.7. The zero-order valence-electron chi connectivity index (χ0n) is 8.61. The van der Waals surface area contributed by atoms with E-state index in [1.165, 1.54) is 0 Å². The summed E-state index contributed by atoms with van der Waals surface area (Å²) in [6, 6.07) is 7.31. The summed E-state index contributed by atoms with van der Waals surface area (Å²) in [5.74, 6) is -0.265. The third kappa shape index (κ3) is 2.72. The number of nitrogens with one attached hydrogen (secondary N) is 1. The normalized spacial score (nSPS) is 16.3. The molecule has 1 aromatic carbocycles. The van der Waals surface area contributed by atoms with Crippen molar-refractivity contribution < 1.29 is 14.3 Å². The molecular formula is C11H12ClNO3. The number of carbonyl (C=O) groups excluding carboxylic acids is 1. The molecule has 2 rings (SSSR count). The van der Waals surface area contributed by atoms with Gasteiger partial charge in [-0.3, -0.25) is 4.79 Å². The maximum atomic E-state index is 11.0. The Bertz CT molecular complexity index is 360. The highest BCUT2D eigenvalue weighted by Gasteiger charge is 2.17. The number of halogens is 1. The molecule has 0 aromatic heterocycles. The van der Waals surface area contributed by atoms with Crippen molar-refractivity contribution in [2.75, 3.05) is 24.4 Å². The molecule has 0 unspecified atom stereocenters. The van der Waals surface area contributed by atoms with Crippen molar-refractivity contribution in [3.05, 3.63) is 29.8 Å². The van der Waals surface area contributed by atoms with Gasteiger partial charge in [0.25, 0.3) is 0 Å². The highest BCUT2D eigenvalue weighted by Crippen LogP contribution is 2.24. The molecule has 0 bridgehead atoms. The van der Waals surface area contributed by atoms with E-state index in [9.17, 15) is 4.79 Å². The zero-order chi connectivity index (χ0) is 11.4. The Morgan fingerprint density at radius 2 is 1.94 bits per heavy atom. The van der Waals surface area contributed by atoms with Gasteiger partial charge in [-0.15, -0.1) is 11.6 Å². The first-order valence-corrected chi connectivity index (χ1v) is 5.52. The number of ether oxygens (including phenoxy) is 2. The minimum Gasteiger partial charge on any atom is -0.346 e. The number of anilines is 1. The predicted molar refractivity (Wildman–Crippen MR) is 60.4 cm³/mol. The Balaban J connectivity index is 2.01. The summed E-state index contributed by atoms with van der Waals surface area (Å²) in [4.78, 5) is 11.0. The Morgan fingerprint density at radius 1 is 1.31 bits per heavy atom. The van der Waals surface area contributed by atoms with E-state index in [4.69, 9.17) is 21.1 Å². The maximum Gasteiger partial charge on any atom is 0.239 e. The fourth-order valence-corrected chi connectivity index (χ4v) is 1.54. The van der Waals surface area contributed by atoms with E-state index >= 15 is 0 Å². The van der Waals surface area contributed by atoms with Gasteiger partial charge in [-0.2, -0.15) is 0 Å². The van der Waals surface area contributed by atoms with Crippen LogP contribution in [0.2, 0.25) is 0 Å². The van der Waals surface area contributed by atoms with Crippen LogP contribution in [0.1, 0.15) is 11.9 Å². The van der Waals surface area contributed by atoms with Crippen LogP contribution in [0.25, 0.3) is 0 Å². The fraction of sp³-hybridized carbons (Fsp3) is 0.364. The number of hydrogen-bond acceptors (Lipinski definition) is 3. The molecule has 1 fully saturated rings. The molecule has 1 heterocycles. The van der Waals surface area contributed by atoms with Crippen molar-refractivity contribution in [2.24, 2.45) is 0 Å². The largest absolute Gasteiger partial charge is 0.346 e. The monoisotopic (exact) mass is 241 g/mol. The Morgan fingerprint density at radius 3 is 2.50 bits per heavy atom. The van der Waals surface area contributed by atoms with Gasteiger partial charge in [0.2, 0.25) is 5.91 Å². The molecule has 1 aliphatic rings. The maximum absolute atomic E-state index is 11.0. The van der Waals surface area contributed by atoms with Crippen LogP contribution >= 0.6 is 11.6 Å². The molecule has 1 amide bonds. The quantitative estimate of drug-likeness (QED) is 0.823. The fourth-order valence-electron chi connectivity index (χ4n) is 1.47. The van der Waals surface area contributed by atoms with Gasteiger partial charge in [-0.25, -0.2) is 0 Å². The first-order valence-electron chi connectivity index (χ1n) is 4.98. The first-order chi connectivity index (χ1) is 7.79. The van der Waals surface area contributed by atoms with Crippen molar-refractivity contribution in [3.8, 4) is 0 Å². The van der Waals surface area contributed by atoms with E-state index in [0.717, 1.165) is 5.56 Å². The van der Waals surface area contributed by atoms with Gasteiger partial charge in [0.1, 0.15) is 5.88 Å². The van der Waals surface area contributed by atoms with Crippen molar-refractivity contribution in [3.63, 3.8) is 0 Å². The van der Waals surface area contributed by atoms with Gasteiger partial charge in [0, 0.05) is 11.3 Å². The lowest BCUT2D eigenvalue weighted by molar-refractivity contribution is -0.113. The minimum absolute atomic E-state index is 0.0450. The molecule has 0 radical (unpaired) electrons. The summed E-state index contributed by atoms with van der Waals surface area (Å²) in [6.45, 7) is 1.24. The third-order valence-corrected chi connectivity index (χ3v) is 2.45. The number of amides is 1. The summed E-state index contributed by atoms with van der Waals surface area (Å²) in [6.07, 6.45) is -0.280. The van der Waals surface area contributed by atoms with Gasteiger partial charge < -0.3 is 14.8 Å². The number of rotatable bonds is 3. The van der Waals surface area contributed by atoms with Crippen LogP contribution in [0.4, 0.5) is 5.69 Å². The average molecular weight is 242 g/mol. The van der Waals surface area contributed by atoms with Crippen LogP contribution in [0, 0.1) is 0 Å². The molecule has 16 heavy (non-hydrogen) atoms. The summed E-state index contributed by atoms with van der Waals surface area (Å²) in [7, 11) is 0. The van der Waals surface area contributed by atoms with E-state index < -0.39 is 0 Å². The van der Waals surface area contributed by atoms with E-state index in [0.29, 0.717) is 18.9 Å². The van der Waals surface area contributed by atoms with Crippen molar-refractivity contribution >= 4 is 23.2 Å². The number of hydrogen-bond donors (Lipinski definition) is 1. The molecule has 5 heteroatoms. The SMILES string of the molecule is O=C(CCl)Nc1ccc(C2OCCO2)cc1. The molecular weight excluding hydrogens is 230 g/mol. The van der Waals surface area contributed by atoms with E-state index in [2.05, 4.69) is 5.32 Å². The van der Waals surface area contributed by atoms with Crippen LogP contribution in [0.15, 0.2) is 24.3 Å². The molecule has 0 saturated carbocycles. The summed E-state index contributed by atoms with van der Waals surface area (Å²) in [5, 5.41) is 2.66. The van der Waals surface area contributed by atoms with E-state index in [1.54, 1.807) is 12.1 Å². The smallest absolute Gasteiger partial charge is 0.239 e. The van der Waals surface area contributed by atoms with Gasteiger partial charge in [-0.1, -0.05) is 12.1 Å². The highest BCUT2D eigenvalue weighted by atomic mass is 35.5. The summed E-state index contributed by atoms with van der Waals surface area (Å²) >= 11 is 5.38. The molecule has 0 atom stereocenters. The van der Waals surface area contributed by atoms with Crippen molar-refractivity contribution in [2.45, 2.75) is 6.29 Å². The van der Waals surface area contributed by atoms with Gasteiger partial charge in [0.15, 0.2) is 6.29 Å². The standard InChI is InChI=1S/C11H12ClNO3/c12-7-10(14)13-9-3-1-8(2-4-9)11-15-5-6-16-11/h1-4,11H,5-7H2,(H,13,14). The molecule has 1 aliphatic heterocycles. The Kier molecular flexibility index (Phi) is 3.77. The molecule has 1 saturated heterocycles. The second-order valence-electron chi connectivity index (χ2n) is 3.38. The predicted octanol–water partition coefficient (Wildman–Crippen LogP) is 1.91. The Hall–Kier alpha value is -1.10. The van der Waals surface area contributed by atoms with Gasteiger partial charge >= 0.3 is 0 Å². The zero-order valence-corrected chi connectivity index (χ0v) is 9.37. The topological polar surface area (TPSA) is 47.6 Å². The molecule has 0 aliphatic carbocycles. The van der Waals surface area contributed by atoms with E-state index in [-0.39, 0.29) is 18.1 Å². The van der Waals surface area contributed by atoms with Crippen LogP contribution in [0.3, 0.4) is 0 Å². The first kappa shape index (κ1) is 11.4. The van der Waals surface area contributed by atoms with Crippen molar-refractivity contribution in [1.29, 1.82) is 0 Å². The lowest BCUT2D eigenvalue weighted by Gasteiger charge is -2.10. The number of alkyl halides is 1. The molecule has 86 valence electrons. The molecule has 1 aromatic rings. The highest BCUT2D eigenvalue weighted by molar-refractivity contribution is 6.29. The van der Waals surface area contributed by atoms with Crippen LogP contribution < -0.4 is 5.32 Å². The van der Waals surface area contributed by atoms with Gasteiger partial charge in [0.05, 0.1) is 13.2 Å². The average Bonchev–Trinajstić information content (AvgIpc) is 2.83. The van der Waals surface area contributed by atoms with Crippen LogP contribution in [-0.4, -0.2) is 25.0 Å². The lowest BCUT2D eigenvalue weighted by atomic mass is 10.2. The second kappa shape index (κ2) is 5.30. The van der Waals surface area contributed by atoms with Crippen LogP contribution in [-0.2, 0) is 14.3 Å².